The zero-order valence-corrected chi connectivity index (χ0v) is 15.7. The van der Waals surface area contributed by atoms with E-state index >= 15 is 0 Å². The number of nitrogens with one attached hydrogen (secondary N) is 2. The molecule has 144 valence electrons. The van der Waals surface area contributed by atoms with Crippen molar-refractivity contribution in [3.63, 3.8) is 0 Å². The van der Waals surface area contributed by atoms with E-state index in [1.807, 2.05) is 6.07 Å². The van der Waals surface area contributed by atoms with Crippen LogP contribution in [0, 0.1) is 0 Å². The topological polar surface area (TPSA) is 98.8 Å². The predicted molar refractivity (Wildman–Crippen MR) is 99.1 cm³/mol. The van der Waals surface area contributed by atoms with Crippen LogP contribution in [0.4, 0.5) is 0 Å². The van der Waals surface area contributed by atoms with Crippen LogP contribution >= 0.6 is 0 Å². The SMILES string of the molecule is COc1cc(C(=O)N[C@@H](C)C(=O)NCc2cccnc2)cc(OC)c1OC. The van der Waals surface area contributed by atoms with Crippen molar-refractivity contribution in [2.45, 2.75) is 19.5 Å². The van der Waals surface area contributed by atoms with Crippen molar-refractivity contribution in [3.05, 3.63) is 47.8 Å². The third-order valence-corrected chi connectivity index (χ3v) is 3.86. The van der Waals surface area contributed by atoms with Crippen LogP contribution in [-0.2, 0) is 11.3 Å². The Morgan fingerprint density at radius 2 is 1.78 bits per heavy atom. The molecule has 27 heavy (non-hydrogen) atoms. The minimum absolute atomic E-state index is 0.288. The Hall–Kier alpha value is -3.29. The molecule has 2 amide bonds. The maximum absolute atomic E-state index is 12.5. The molecule has 2 N–H and O–H groups in total. The summed E-state index contributed by atoms with van der Waals surface area (Å²) in [7, 11) is 4.41. The second-order valence-electron chi connectivity index (χ2n) is 5.69. The molecule has 0 saturated carbocycles. The fourth-order valence-corrected chi connectivity index (χ4v) is 2.40. The highest BCUT2D eigenvalue weighted by Gasteiger charge is 2.20. The standard InChI is InChI=1S/C19H23N3O5/c1-12(18(23)21-11-13-6-5-7-20-10-13)22-19(24)14-8-15(25-2)17(27-4)16(9-14)26-3/h5-10,12H,11H2,1-4H3,(H,21,23)(H,22,24)/t12-/m0/s1. The molecular weight excluding hydrogens is 350 g/mol. The maximum atomic E-state index is 12.5. The normalized spacial score (nSPS) is 11.3. The van der Waals surface area contributed by atoms with Crippen molar-refractivity contribution in [1.82, 2.24) is 15.6 Å². The number of benzene rings is 1. The van der Waals surface area contributed by atoms with Gasteiger partial charge in [0, 0.05) is 24.5 Å². The van der Waals surface area contributed by atoms with E-state index in [4.69, 9.17) is 14.2 Å². The zero-order chi connectivity index (χ0) is 19.8. The molecule has 8 heteroatoms. The summed E-state index contributed by atoms with van der Waals surface area (Å²) in [5, 5.41) is 5.41. The Morgan fingerprint density at radius 1 is 1.11 bits per heavy atom. The minimum atomic E-state index is -0.728. The van der Waals surface area contributed by atoms with E-state index in [-0.39, 0.29) is 11.5 Å². The van der Waals surface area contributed by atoms with Crippen LogP contribution in [-0.4, -0.2) is 44.2 Å². The summed E-state index contributed by atoms with van der Waals surface area (Å²) in [6.45, 7) is 1.94. The average molecular weight is 373 g/mol. The second-order valence-corrected chi connectivity index (χ2v) is 5.69. The lowest BCUT2D eigenvalue weighted by Crippen LogP contribution is -2.44. The van der Waals surface area contributed by atoms with Gasteiger partial charge in [0.25, 0.3) is 5.91 Å². The van der Waals surface area contributed by atoms with Crippen LogP contribution in [0.5, 0.6) is 17.2 Å². The van der Waals surface area contributed by atoms with Gasteiger partial charge in [0.05, 0.1) is 21.3 Å². The second kappa shape index (κ2) is 9.42. The highest BCUT2D eigenvalue weighted by atomic mass is 16.5. The van der Waals surface area contributed by atoms with Crippen molar-refractivity contribution < 1.29 is 23.8 Å². The van der Waals surface area contributed by atoms with Gasteiger partial charge in [-0.05, 0) is 30.7 Å². The van der Waals surface area contributed by atoms with Gasteiger partial charge in [-0.15, -0.1) is 0 Å². The van der Waals surface area contributed by atoms with E-state index in [1.54, 1.807) is 25.4 Å². The molecule has 2 rings (SSSR count). The van der Waals surface area contributed by atoms with Gasteiger partial charge >= 0.3 is 0 Å². The van der Waals surface area contributed by atoms with Gasteiger partial charge < -0.3 is 24.8 Å². The number of amides is 2. The number of hydrogen-bond donors (Lipinski definition) is 2. The van der Waals surface area contributed by atoms with Gasteiger partial charge in [-0.2, -0.15) is 0 Å². The molecule has 0 radical (unpaired) electrons. The molecule has 0 aliphatic carbocycles. The van der Waals surface area contributed by atoms with Gasteiger partial charge in [-0.25, -0.2) is 0 Å². The first-order valence-corrected chi connectivity index (χ1v) is 8.27. The molecule has 0 aliphatic rings. The summed E-state index contributed by atoms with van der Waals surface area (Å²) in [4.78, 5) is 28.7. The molecule has 0 saturated heterocycles. The van der Waals surface area contributed by atoms with Gasteiger partial charge in [0.15, 0.2) is 11.5 Å². The molecular formula is C19H23N3O5. The Labute approximate surface area is 157 Å². The smallest absolute Gasteiger partial charge is 0.252 e. The van der Waals surface area contributed by atoms with Crippen molar-refractivity contribution in [3.8, 4) is 17.2 Å². The number of nitrogens with zero attached hydrogens (tertiary/aromatic N) is 1. The first-order valence-electron chi connectivity index (χ1n) is 8.27. The van der Waals surface area contributed by atoms with Gasteiger partial charge in [0.2, 0.25) is 11.7 Å². The predicted octanol–water partition coefficient (Wildman–Crippen LogP) is 1.54. The number of carbonyl (C=O) groups excluding carboxylic acids is 2. The summed E-state index contributed by atoms with van der Waals surface area (Å²) in [5.41, 5.74) is 1.16. The lowest BCUT2D eigenvalue weighted by Gasteiger charge is -2.16. The molecule has 0 bridgehead atoms. The number of carbonyl (C=O) groups is 2. The highest BCUT2D eigenvalue weighted by molar-refractivity contribution is 5.98. The number of aromatic nitrogens is 1. The number of hydrogen-bond acceptors (Lipinski definition) is 6. The molecule has 0 fully saturated rings. The van der Waals surface area contributed by atoms with E-state index in [2.05, 4.69) is 15.6 Å². The monoisotopic (exact) mass is 373 g/mol. The zero-order valence-electron chi connectivity index (χ0n) is 15.7. The van der Waals surface area contributed by atoms with E-state index in [0.29, 0.717) is 23.8 Å². The Kier molecular flexibility index (Phi) is 6.99. The molecule has 0 unspecified atom stereocenters. The fraction of sp³-hybridized carbons (Fsp3) is 0.316. The lowest BCUT2D eigenvalue weighted by molar-refractivity contribution is -0.122. The van der Waals surface area contributed by atoms with Crippen molar-refractivity contribution in [1.29, 1.82) is 0 Å². The molecule has 1 aromatic carbocycles. The third-order valence-electron chi connectivity index (χ3n) is 3.86. The van der Waals surface area contributed by atoms with Crippen molar-refractivity contribution >= 4 is 11.8 Å². The van der Waals surface area contributed by atoms with Crippen molar-refractivity contribution in [2.75, 3.05) is 21.3 Å². The molecule has 8 nitrogen and oxygen atoms in total. The van der Waals surface area contributed by atoms with E-state index in [0.717, 1.165) is 5.56 Å². The molecule has 1 atom stereocenters. The minimum Gasteiger partial charge on any atom is -0.493 e. The number of pyridine rings is 1. The van der Waals surface area contributed by atoms with Gasteiger partial charge in [-0.3, -0.25) is 14.6 Å². The molecule has 2 aromatic rings. The van der Waals surface area contributed by atoms with E-state index < -0.39 is 11.9 Å². The Morgan fingerprint density at radius 3 is 2.30 bits per heavy atom. The summed E-state index contributed by atoms with van der Waals surface area (Å²) in [6.07, 6.45) is 3.32. The van der Waals surface area contributed by atoms with Gasteiger partial charge in [0.1, 0.15) is 6.04 Å². The third kappa shape index (κ3) is 5.10. The van der Waals surface area contributed by atoms with Crippen LogP contribution in [0.1, 0.15) is 22.8 Å². The summed E-state index contributed by atoms with van der Waals surface area (Å²) >= 11 is 0. The fourth-order valence-electron chi connectivity index (χ4n) is 2.40. The first-order chi connectivity index (χ1) is 13.0. The van der Waals surface area contributed by atoms with Crippen molar-refractivity contribution in [2.24, 2.45) is 0 Å². The maximum Gasteiger partial charge on any atom is 0.252 e. The van der Waals surface area contributed by atoms with E-state index in [1.165, 1.54) is 33.5 Å². The first kappa shape index (κ1) is 20.0. The van der Waals surface area contributed by atoms with Gasteiger partial charge in [-0.1, -0.05) is 6.07 Å². The molecule has 0 spiro atoms. The quantitative estimate of drug-likeness (QED) is 0.728. The lowest BCUT2D eigenvalue weighted by atomic mass is 10.1. The number of ether oxygens (including phenoxy) is 3. The van der Waals surface area contributed by atoms with Crippen LogP contribution in [0.2, 0.25) is 0 Å². The highest BCUT2D eigenvalue weighted by Crippen LogP contribution is 2.38. The molecule has 0 aliphatic heterocycles. The largest absolute Gasteiger partial charge is 0.493 e. The van der Waals surface area contributed by atoms with Crippen LogP contribution in [0.3, 0.4) is 0 Å². The molecule has 1 heterocycles. The Balaban J connectivity index is 2.04. The van der Waals surface area contributed by atoms with E-state index in [9.17, 15) is 9.59 Å². The van der Waals surface area contributed by atoms with Crippen LogP contribution in [0.15, 0.2) is 36.7 Å². The average Bonchev–Trinajstić information content (AvgIpc) is 2.71. The van der Waals surface area contributed by atoms with Crippen LogP contribution < -0.4 is 24.8 Å². The summed E-state index contributed by atoms with van der Waals surface area (Å²) in [6, 6.07) is 5.96. The number of methoxy groups -OCH3 is 3. The molecule has 1 aromatic heterocycles. The van der Waals surface area contributed by atoms with Crippen LogP contribution in [0.25, 0.3) is 0 Å². The summed E-state index contributed by atoms with van der Waals surface area (Å²) in [5.74, 6) is 0.364. The number of rotatable bonds is 8. The summed E-state index contributed by atoms with van der Waals surface area (Å²) < 4.78 is 15.7. The Bertz CT molecular complexity index is 770.